The third-order valence-corrected chi connectivity index (χ3v) is 4.64. The summed E-state index contributed by atoms with van der Waals surface area (Å²) in [6, 6.07) is 0. The summed E-state index contributed by atoms with van der Waals surface area (Å²) in [5.41, 5.74) is 5.45. The van der Waals surface area contributed by atoms with E-state index in [1.807, 2.05) is 7.05 Å². The molecular formula is C13H22N2OS. The first-order chi connectivity index (χ1) is 8.06. The van der Waals surface area contributed by atoms with Crippen LogP contribution in [0.1, 0.15) is 38.5 Å². The molecular weight excluding hydrogens is 232 g/mol. The van der Waals surface area contributed by atoms with Crippen LogP contribution in [-0.2, 0) is 4.79 Å². The first-order valence-corrected chi connectivity index (χ1v) is 6.99. The standard InChI is InChI=1S/C13H22N2OS/c1-15(5-4-12(14)17)13(16)8-11-7-9-2-3-10(11)6-9/h9-11H,2-8H2,1H3,(H2,14,17). The molecule has 0 aromatic carbocycles. The number of thiocarbonyl (C=S) groups is 1. The second-order valence-corrected chi connectivity index (χ2v) is 6.20. The highest BCUT2D eigenvalue weighted by atomic mass is 32.1. The summed E-state index contributed by atoms with van der Waals surface area (Å²) < 4.78 is 0. The van der Waals surface area contributed by atoms with Gasteiger partial charge in [0, 0.05) is 26.4 Å². The van der Waals surface area contributed by atoms with Gasteiger partial charge in [-0.05, 0) is 37.0 Å². The van der Waals surface area contributed by atoms with Crippen molar-refractivity contribution in [3.63, 3.8) is 0 Å². The molecule has 3 nitrogen and oxygen atoms in total. The summed E-state index contributed by atoms with van der Waals surface area (Å²) in [7, 11) is 1.85. The number of rotatable bonds is 5. The quantitative estimate of drug-likeness (QED) is 0.763. The molecule has 96 valence electrons. The molecule has 2 rings (SSSR count). The van der Waals surface area contributed by atoms with Gasteiger partial charge in [0.05, 0.1) is 4.99 Å². The monoisotopic (exact) mass is 254 g/mol. The lowest BCUT2D eigenvalue weighted by atomic mass is 9.86. The second kappa shape index (κ2) is 5.34. The van der Waals surface area contributed by atoms with E-state index in [9.17, 15) is 4.79 Å². The van der Waals surface area contributed by atoms with Gasteiger partial charge in [0.25, 0.3) is 0 Å². The highest BCUT2D eigenvalue weighted by Gasteiger charge is 2.40. The van der Waals surface area contributed by atoms with Crippen molar-refractivity contribution in [2.75, 3.05) is 13.6 Å². The molecule has 2 aliphatic rings. The molecule has 0 saturated heterocycles. The van der Waals surface area contributed by atoms with Crippen LogP contribution < -0.4 is 5.73 Å². The lowest BCUT2D eigenvalue weighted by molar-refractivity contribution is -0.131. The molecule has 0 aromatic rings. The average molecular weight is 254 g/mol. The van der Waals surface area contributed by atoms with Gasteiger partial charge in [-0.1, -0.05) is 18.6 Å². The number of hydrogen-bond acceptors (Lipinski definition) is 2. The van der Waals surface area contributed by atoms with Crippen molar-refractivity contribution in [3.05, 3.63) is 0 Å². The Balaban J connectivity index is 1.75. The van der Waals surface area contributed by atoms with Crippen LogP contribution in [0.5, 0.6) is 0 Å². The van der Waals surface area contributed by atoms with E-state index >= 15 is 0 Å². The van der Waals surface area contributed by atoms with Gasteiger partial charge in [0.15, 0.2) is 0 Å². The molecule has 0 aromatic heterocycles. The zero-order valence-corrected chi connectivity index (χ0v) is 11.3. The average Bonchev–Trinajstić information content (AvgIpc) is 2.87. The fraction of sp³-hybridized carbons (Fsp3) is 0.846. The van der Waals surface area contributed by atoms with E-state index in [1.165, 1.54) is 25.7 Å². The lowest BCUT2D eigenvalue weighted by Gasteiger charge is -2.24. The fourth-order valence-electron chi connectivity index (χ4n) is 3.41. The highest BCUT2D eigenvalue weighted by molar-refractivity contribution is 7.80. The lowest BCUT2D eigenvalue weighted by Crippen LogP contribution is -2.32. The van der Waals surface area contributed by atoms with Crippen LogP contribution in [0.2, 0.25) is 0 Å². The number of carbonyl (C=O) groups excluding carboxylic acids is 1. The number of fused-ring (bicyclic) bond motifs is 2. The van der Waals surface area contributed by atoms with Crippen molar-refractivity contribution in [1.82, 2.24) is 4.90 Å². The van der Waals surface area contributed by atoms with E-state index in [2.05, 4.69) is 0 Å². The van der Waals surface area contributed by atoms with Crippen LogP contribution in [0, 0.1) is 17.8 Å². The molecule has 0 aliphatic heterocycles. The van der Waals surface area contributed by atoms with Crippen molar-refractivity contribution in [2.45, 2.75) is 38.5 Å². The Labute approximate surface area is 109 Å². The molecule has 3 atom stereocenters. The van der Waals surface area contributed by atoms with E-state index in [-0.39, 0.29) is 5.91 Å². The Hall–Kier alpha value is -0.640. The van der Waals surface area contributed by atoms with Crippen molar-refractivity contribution in [1.29, 1.82) is 0 Å². The van der Waals surface area contributed by atoms with Gasteiger partial charge in [-0.2, -0.15) is 0 Å². The van der Waals surface area contributed by atoms with Crippen LogP contribution in [0.25, 0.3) is 0 Å². The van der Waals surface area contributed by atoms with Gasteiger partial charge >= 0.3 is 0 Å². The Morgan fingerprint density at radius 1 is 1.41 bits per heavy atom. The fourth-order valence-corrected chi connectivity index (χ4v) is 3.50. The zero-order chi connectivity index (χ0) is 12.4. The Bertz CT molecular complexity index is 319. The summed E-state index contributed by atoms with van der Waals surface area (Å²) in [6.07, 6.45) is 6.75. The maximum absolute atomic E-state index is 12.0. The molecule has 1 amide bonds. The molecule has 4 heteroatoms. The largest absolute Gasteiger partial charge is 0.393 e. The Kier molecular flexibility index (Phi) is 4.02. The minimum atomic E-state index is 0.263. The maximum Gasteiger partial charge on any atom is 0.222 e. The van der Waals surface area contributed by atoms with Gasteiger partial charge in [-0.15, -0.1) is 0 Å². The maximum atomic E-state index is 12.0. The molecule has 2 saturated carbocycles. The van der Waals surface area contributed by atoms with Crippen molar-refractivity contribution in [2.24, 2.45) is 23.5 Å². The number of nitrogens with zero attached hydrogens (tertiary/aromatic N) is 1. The van der Waals surface area contributed by atoms with Gasteiger partial charge in [-0.25, -0.2) is 0 Å². The van der Waals surface area contributed by atoms with Crippen molar-refractivity contribution >= 4 is 23.1 Å². The molecule has 0 spiro atoms. The molecule has 17 heavy (non-hydrogen) atoms. The summed E-state index contributed by atoms with van der Waals surface area (Å²) in [6.45, 7) is 0.662. The zero-order valence-electron chi connectivity index (χ0n) is 10.5. The summed E-state index contributed by atoms with van der Waals surface area (Å²) >= 11 is 4.83. The molecule has 3 unspecified atom stereocenters. The van der Waals surface area contributed by atoms with E-state index in [0.29, 0.717) is 23.9 Å². The van der Waals surface area contributed by atoms with Crippen molar-refractivity contribution < 1.29 is 4.79 Å². The SMILES string of the molecule is CN(CCC(N)=S)C(=O)CC1CC2CCC1C2. The molecule has 2 aliphatic carbocycles. The molecule has 2 fully saturated rings. The van der Waals surface area contributed by atoms with Crippen LogP contribution >= 0.6 is 12.2 Å². The van der Waals surface area contributed by atoms with Gasteiger partial charge < -0.3 is 10.6 Å². The normalized spacial score (nSPS) is 30.5. The van der Waals surface area contributed by atoms with Crippen LogP contribution in [0.4, 0.5) is 0 Å². The summed E-state index contributed by atoms with van der Waals surface area (Å²) in [5, 5.41) is 0. The minimum Gasteiger partial charge on any atom is -0.393 e. The predicted octanol–water partition coefficient (Wildman–Crippen LogP) is 1.95. The highest BCUT2D eigenvalue weighted by Crippen LogP contribution is 2.49. The predicted molar refractivity (Wildman–Crippen MR) is 72.6 cm³/mol. The topological polar surface area (TPSA) is 46.3 Å². The first kappa shape index (κ1) is 12.8. The van der Waals surface area contributed by atoms with E-state index in [0.717, 1.165) is 18.3 Å². The summed E-state index contributed by atoms with van der Waals surface area (Å²) in [4.78, 5) is 14.3. The number of amides is 1. The van der Waals surface area contributed by atoms with Crippen molar-refractivity contribution in [3.8, 4) is 0 Å². The molecule has 2 bridgehead atoms. The molecule has 2 N–H and O–H groups in total. The van der Waals surface area contributed by atoms with Gasteiger partial charge in [0.2, 0.25) is 5.91 Å². The third kappa shape index (κ3) is 3.18. The molecule has 0 radical (unpaired) electrons. The Morgan fingerprint density at radius 3 is 2.71 bits per heavy atom. The first-order valence-electron chi connectivity index (χ1n) is 6.58. The Morgan fingerprint density at radius 2 is 2.18 bits per heavy atom. The number of carbonyl (C=O) groups is 1. The number of nitrogens with two attached hydrogens (primary N) is 1. The van der Waals surface area contributed by atoms with Crippen LogP contribution in [0.15, 0.2) is 0 Å². The smallest absolute Gasteiger partial charge is 0.222 e. The third-order valence-electron chi connectivity index (χ3n) is 4.44. The van der Waals surface area contributed by atoms with Gasteiger partial charge in [-0.3, -0.25) is 4.79 Å². The molecule has 0 heterocycles. The summed E-state index contributed by atoms with van der Waals surface area (Å²) in [5.74, 6) is 2.65. The van der Waals surface area contributed by atoms with E-state index in [1.54, 1.807) is 4.90 Å². The van der Waals surface area contributed by atoms with Crippen LogP contribution in [0.3, 0.4) is 0 Å². The van der Waals surface area contributed by atoms with E-state index in [4.69, 9.17) is 18.0 Å². The second-order valence-electron chi connectivity index (χ2n) is 5.67. The van der Waals surface area contributed by atoms with Gasteiger partial charge in [0.1, 0.15) is 0 Å². The number of hydrogen-bond donors (Lipinski definition) is 1. The van der Waals surface area contributed by atoms with E-state index < -0.39 is 0 Å². The minimum absolute atomic E-state index is 0.263. The van der Waals surface area contributed by atoms with Crippen LogP contribution in [-0.4, -0.2) is 29.4 Å².